The monoisotopic (exact) mass is 416 g/mol. The molecule has 0 aliphatic carbocycles. The highest BCUT2D eigenvalue weighted by Gasteiger charge is 2.14. The highest BCUT2D eigenvalue weighted by molar-refractivity contribution is 5.85. The Morgan fingerprint density at radius 1 is 0.731 bits per heavy atom. The number of carbonyl (C=O) groups excluding carboxylic acids is 2. The van der Waals surface area contributed by atoms with Gasteiger partial charge in [0, 0.05) is 25.2 Å². The van der Waals surface area contributed by atoms with Crippen LogP contribution in [0.5, 0.6) is 0 Å². The average molecular weight is 417 g/mol. The van der Waals surface area contributed by atoms with Gasteiger partial charge in [0.25, 0.3) is 0 Å². The normalized spacial score (nSPS) is 12.8. The Morgan fingerprint density at radius 3 is 1.27 bits per heavy atom. The summed E-state index contributed by atoms with van der Waals surface area (Å²) in [7, 11) is 0. The van der Waals surface area contributed by atoms with Crippen LogP contribution in [-0.4, -0.2) is 50.3 Å². The quantitative estimate of drug-likeness (QED) is 0.355. The highest BCUT2D eigenvalue weighted by Crippen LogP contribution is 2.00. The molecule has 0 aromatic rings. The number of esters is 2. The summed E-state index contributed by atoms with van der Waals surface area (Å²) >= 11 is 0. The van der Waals surface area contributed by atoms with Crippen molar-refractivity contribution in [3.05, 3.63) is 0 Å². The van der Waals surface area contributed by atoms with E-state index in [0.717, 1.165) is 25.9 Å². The van der Waals surface area contributed by atoms with E-state index in [1.807, 2.05) is 27.7 Å². The second-order valence-electron chi connectivity index (χ2n) is 6.69. The molecule has 0 aromatic heterocycles. The van der Waals surface area contributed by atoms with Gasteiger partial charge in [0.05, 0.1) is 11.8 Å². The summed E-state index contributed by atoms with van der Waals surface area (Å²) in [6, 6.07) is 0.321. The van der Waals surface area contributed by atoms with E-state index >= 15 is 0 Å². The van der Waals surface area contributed by atoms with Gasteiger partial charge in [0.2, 0.25) is 0 Å². The van der Waals surface area contributed by atoms with Crippen LogP contribution in [0.4, 0.5) is 0 Å². The van der Waals surface area contributed by atoms with Crippen molar-refractivity contribution in [3.63, 3.8) is 0 Å². The third-order valence-electron chi connectivity index (χ3n) is 3.77. The summed E-state index contributed by atoms with van der Waals surface area (Å²) in [6.07, 6.45) is 1.79. The molecule has 0 aliphatic rings. The first-order valence-electron chi connectivity index (χ1n) is 9.11. The van der Waals surface area contributed by atoms with E-state index < -0.39 is 0 Å². The molecular weight excluding hydrogens is 379 g/mol. The van der Waals surface area contributed by atoms with Gasteiger partial charge in [-0.25, -0.2) is 0 Å². The molecule has 0 unspecified atom stereocenters. The minimum absolute atomic E-state index is 0. The number of hydrogen-bond donors (Lipinski definition) is 2. The Hall–Kier alpha value is -0.560. The molecule has 0 saturated carbocycles. The van der Waals surface area contributed by atoms with E-state index in [9.17, 15) is 9.59 Å². The van der Waals surface area contributed by atoms with Crippen LogP contribution in [-0.2, 0) is 19.1 Å². The van der Waals surface area contributed by atoms with E-state index in [2.05, 4.69) is 24.5 Å². The lowest BCUT2D eigenvalue weighted by atomic mass is 10.2. The zero-order chi connectivity index (χ0) is 18.5. The van der Waals surface area contributed by atoms with Crippen molar-refractivity contribution < 1.29 is 19.1 Å². The third kappa shape index (κ3) is 14.6. The molecule has 0 saturated heterocycles. The fraction of sp³-hybridized carbons (Fsp3) is 0.889. The lowest BCUT2D eigenvalue weighted by Gasteiger charge is -2.20. The summed E-state index contributed by atoms with van der Waals surface area (Å²) in [5.74, 6) is -0.510. The van der Waals surface area contributed by atoms with Crippen LogP contribution in [0.3, 0.4) is 0 Å². The molecule has 8 heteroatoms. The van der Waals surface area contributed by atoms with Crippen molar-refractivity contribution in [1.82, 2.24) is 10.6 Å². The number of ether oxygens (including phenoxy) is 2. The lowest BCUT2D eigenvalue weighted by Crippen LogP contribution is -2.42. The van der Waals surface area contributed by atoms with E-state index in [-0.39, 0.29) is 60.7 Å². The molecule has 6 nitrogen and oxygen atoms in total. The zero-order valence-electron chi connectivity index (χ0n) is 17.0. The second-order valence-corrected chi connectivity index (χ2v) is 6.69. The molecule has 0 fully saturated rings. The topological polar surface area (TPSA) is 76.7 Å². The van der Waals surface area contributed by atoms with Crippen LogP contribution in [0.2, 0.25) is 0 Å². The summed E-state index contributed by atoms with van der Waals surface area (Å²) in [4.78, 5) is 23.0. The largest absolute Gasteiger partial charge is 0.464 e. The van der Waals surface area contributed by atoms with Gasteiger partial charge in [-0.15, -0.1) is 24.8 Å². The van der Waals surface area contributed by atoms with Crippen molar-refractivity contribution in [3.8, 4) is 0 Å². The van der Waals surface area contributed by atoms with Crippen molar-refractivity contribution in [2.75, 3.05) is 26.3 Å². The van der Waals surface area contributed by atoms with Crippen molar-refractivity contribution in [2.24, 2.45) is 11.8 Å². The molecule has 0 rings (SSSR count). The molecule has 0 aromatic carbocycles. The van der Waals surface area contributed by atoms with Gasteiger partial charge in [0.15, 0.2) is 0 Å². The highest BCUT2D eigenvalue weighted by atomic mass is 35.5. The van der Waals surface area contributed by atoms with Crippen LogP contribution < -0.4 is 10.6 Å². The van der Waals surface area contributed by atoms with E-state index in [0.29, 0.717) is 13.2 Å². The molecule has 0 amide bonds. The molecule has 26 heavy (non-hydrogen) atoms. The predicted octanol–water partition coefficient (Wildman–Crippen LogP) is 2.96. The van der Waals surface area contributed by atoms with Crippen LogP contribution in [0.25, 0.3) is 0 Å². The average Bonchev–Trinajstić information content (AvgIpc) is 2.55. The van der Waals surface area contributed by atoms with Gasteiger partial charge in [-0.1, -0.05) is 41.5 Å². The molecule has 0 heterocycles. The number of rotatable bonds is 13. The van der Waals surface area contributed by atoms with Crippen molar-refractivity contribution in [1.29, 1.82) is 0 Å². The fourth-order valence-corrected chi connectivity index (χ4v) is 1.89. The minimum Gasteiger partial charge on any atom is -0.464 e. The maximum Gasteiger partial charge on any atom is 0.308 e. The van der Waals surface area contributed by atoms with Crippen molar-refractivity contribution in [2.45, 2.75) is 66.5 Å². The van der Waals surface area contributed by atoms with Crippen LogP contribution in [0, 0.1) is 11.8 Å². The zero-order valence-corrected chi connectivity index (χ0v) is 18.6. The van der Waals surface area contributed by atoms with Crippen LogP contribution in [0.1, 0.15) is 54.4 Å². The van der Waals surface area contributed by atoms with Crippen molar-refractivity contribution >= 4 is 36.8 Å². The Morgan fingerprint density at radius 2 is 1.04 bits per heavy atom. The molecular formula is C18H38Cl2N2O4. The minimum atomic E-state index is -0.161. The standard InChI is InChI=1S/C18H36N2O4.2ClH/c1-7-15(11-23-17(21)13(3)4)19-9-10-20-16(8-2)12-24-18(22)14(5)6;;/h13-16,19-20H,7-12H2,1-6H3;2*1H/t15-,16-;;/m0../s1. The third-order valence-corrected chi connectivity index (χ3v) is 3.77. The first kappa shape index (κ1) is 30.2. The summed E-state index contributed by atoms with van der Waals surface area (Å²) in [6.45, 7) is 13.8. The van der Waals surface area contributed by atoms with E-state index in [4.69, 9.17) is 9.47 Å². The molecule has 0 aliphatic heterocycles. The van der Waals surface area contributed by atoms with Gasteiger partial charge in [0.1, 0.15) is 13.2 Å². The maximum atomic E-state index is 11.5. The second kappa shape index (κ2) is 17.8. The molecule has 0 spiro atoms. The smallest absolute Gasteiger partial charge is 0.308 e. The first-order valence-corrected chi connectivity index (χ1v) is 9.11. The van der Waals surface area contributed by atoms with Crippen LogP contribution >= 0.6 is 24.8 Å². The molecule has 0 bridgehead atoms. The Labute approximate surface area is 171 Å². The molecule has 0 radical (unpaired) electrons. The number of nitrogens with one attached hydrogen (secondary N) is 2. The van der Waals surface area contributed by atoms with Gasteiger partial charge < -0.3 is 20.1 Å². The molecule has 158 valence electrons. The SMILES string of the molecule is CC[C@@H](COC(=O)C(C)C)NCCN[C@@H](CC)COC(=O)C(C)C.Cl.Cl. The fourth-order valence-electron chi connectivity index (χ4n) is 1.89. The van der Waals surface area contributed by atoms with E-state index in [1.165, 1.54) is 0 Å². The van der Waals surface area contributed by atoms with Gasteiger partial charge in [-0.05, 0) is 12.8 Å². The van der Waals surface area contributed by atoms with Gasteiger partial charge in [-0.3, -0.25) is 9.59 Å². The lowest BCUT2D eigenvalue weighted by molar-refractivity contribution is -0.149. The summed E-state index contributed by atoms with van der Waals surface area (Å²) < 4.78 is 10.5. The number of halogens is 2. The van der Waals surface area contributed by atoms with Crippen LogP contribution in [0.15, 0.2) is 0 Å². The Kier molecular flexibility index (Phi) is 20.7. The predicted molar refractivity (Wildman–Crippen MR) is 110 cm³/mol. The Balaban J connectivity index is -0.00000264. The van der Waals surface area contributed by atoms with E-state index in [1.54, 1.807) is 0 Å². The Bertz CT molecular complexity index is 335. The first-order chi connectivity index (χ1) is 11.3. The number of carbonyl (C=O) groups is 2. The number of hydrogen-bond acceptors (Lipinski definition) is 6. The van der Waals surface area contributed by atoms with Gasteiger partial charge >= 0.3 is 11.9 Å². The maximum absolute atomic E-state index is 11.5. The molecule has 2 N–H and O–H groups in total. The summed E-state index contributed by atoms with van der Waals surface area (Å²) in [5.41, 5.74) is 0. The van der Waals surface area contributed by atoms with Gasteiger partial charge in [-0.2, -0.15) is 0 Å². The molecule has 2 atom stereocenters. The summed E-state index contributed by atoms with van der Waals surface area (Å²) in [5, 5.41) is 6.76.